The molecule has 8 aromatic rings. The summed E-state index contributed by atoms with van der Waals surface area (Å²) in [5.41, 5.74) is 6.78. The van der Waals surface area contributed by atoms with Gasteiger partial charge in [-0.25, -0.2) is 4.57 Å². The van der Waals surface area contributed by atoms with Gasteiger partial charge in [-0.1, -0.05) is 194 Å². The zero-order chi connectivity index (χ0) is 42.4. The summed E-state index contributed by atoms with van der Waals surface area (Å²) in [6.45, 7) is 0. The van der Waals surface area contributed by atoms with Crippen molar-refractivity contribution in [3.8, 4) is 22.6 Å². The molecule has 0 amide bonds. The predicted molar refractivity (Wildman–Crippen MR) is 261 cm³/mol. The number of phosphoric acid groups is 1. The summed E-state index contributed by atoms with van der Waals surface area (Å²) in [6, 6.07) is 69.2. The van der Waals surface area contributed by atoms with Crippen LogP contribution in [0.15, 0.2) is 194 Å². The Bertz CT molecular complexity index is 2600. The van der Waals surface area contributed by atoms with E-state index in [1.54, 1.807) is 0 Å². The SMILES string of the molecule is O=P1([O-])Oc2c([Si](c3ccccc3)(c3ccccc3)c3ccccc3)cc3c(c2-c2c4c(cc([Si](c5ccccc5)(c5ccccc5)c5ccccc5)c2O1)CCCC4)CCCC3.[Na+]. The molecule has 4 nitrogen and oxygen atoms in total. The number of fused-ring (bicyclic) bond motifs is 7. The van der Waals surface area contributed by atoms with Gasteiger partial charge in [-0.15, -0.1) is 0 Å². The van der Waals surface area contributed by atoms with Crippen LogP contribution >= 0.6 is 7.82 Å². The molecular formula is C56H48NaO4PSi2. The number of rotatable bonds is 8. The Morgan fingerprint density at radius 2 is 0.641 bits per heavy atom. The molecule has 1 aliphatic heterocycles. The van der Waals surface area contributed by atoms with Crippen LogP contribution in [-0.2, 0) is 30.2 Å². The minimum atomic E-state index is -5.11. The predicted octanol–water partition coefficient (Wildman–Crippen LogP) is 4.11. The largest absolute Gasteiger partial charge is 1.00 e. The molecular weight excluding hydrogens is 847 g/mol. The second-order valence-corrected chi connectivity index (χ2v) is 26.1. The van der Waals surface area contributed by atoms with Crippen LogP contribution in [0.2, 0.25) is 0 Å². The van der Waals surface area contributed by atoms with Crippen LogP contribution in [0.3, 0.4) is 0 Å². The Labute approximate surface area is 400 Å². The summed E-state index contributed by atoms with van der Waals surface area (Å²) in [6.07, 6.45) is 7.63. The molecule has 64 heavy (non-hydrogen) atoms. The molecule has 0 radical (unpaired) electrons. The Morgan fingerprint density at radius 1 is 0.391 bits per heavy atom. The number of hydrogen-bond acceptors (Lipinski definition) is 4. The van der Waals surface area contributed by atoms with E-state index in [0.717, 1.165) is 104 Å². The van der Waals surface area contributed by atoms with E-state index in [2.05, 4.69) is 194 Å². The number of phosphoric ester groups is 1. The fourth-order valence-corrected chi connectivity index (χ4v) is 22.2. The zero-order valence-electron chi connectivity index (χ0n) is 36.2. The maximum absolute atomic E-state index is 15.3. The van der Waals surface area contributed by atoms with E-state index < -0.39 is 24.0 Å². The maximum Gasteiger partial charge on any atom is 1.00 e. The van der Waals surface area contributed by atoms with E-state index in [9.17, 15) is 0 Å². The average Bonchev–Trinajstić information content (AvgIpc) is 3.47. The first-order valence-corrected chi connectivity index (χ1v) is 27.9. The third-order valence-corrected chi connectivity index (χ3v) is 24.3. The smallest absolute Gasteiger partial charge is 0.736 e. The first-order valence-electron chi connectivity index (χ1n) is 22.4. The summed E-state index contributed by atoms with van der Waals surface area (Å²) in [5, 5.41) is 8.86. The molecule has 0 N–H and O–H groups in total. The molecule has 1 heterocycles. The van der Waals surface area contributed by atoms with E-state index in [1.165, 1.54) is 22.3 Å². The van der Waals surface area contributed by atoms with Gasteiger partial charge in [-0.2, -0.15) is 0 Å². The third kappa shape index (κ3) is 7.07. The summed E-state index contributed by atoms with van der Waals surface area (Å²) in [7, 11) is -11.8. The normalized spacial score (nSPS) is 15.1. The second-order valence-electron chi connectivity index (χ2n) is 17.3. The van der Waals surface area contributed by atoms with Gasteiger partial charge >= 0.3 is 37.4 Å². The van der Waals surface area contributed by atoms with Crippen LogP contribution in [0.4, 0.5) is 0 Å². The molecule has 0 bridgehead atoms. The fraction of sp³-hybridized carbons (Fsp3) is 0.143. The number of aryl methyl sites for hydroxylation is 2. The summed E-state index contributed by atoms with van der Waals surface area (Å²) < 4.78 is 28.9. The van der Waals surface area contributed by atoms with Gasteiger partial charge in [-0.05, 0) is 115 Å². The van der Waals surface area contributed by atoms with Crippen molar-refractivity contribution >= 4 is 65.5 Å². The summed E-state index contributed by atoms with van der Waals surface area (Å²) >= 11 is 0. The molecule has 310 valence electrons. The second kappa shape index (κ2) is 17.8. The van der Waals surface area contributed by atoms with E-state index >= 15 is 9.46 Å². The molecule has 8 aromatic carbocycles. The first-order chi connectivity index (χ1) is 31.0. The summed E-state index contributed by atoms with van der Waals surface area (Å²) in [4.78, 5) is 15.3. The van der Waals surface area contributed by atoms with E-state index in [0.29, 0.717) is 11.5 Å². The molecule has 11 rings (SSSR count). The van der Waals surface area contributed by atoms with Gasteiger partial charge in [0.15, 0.2) is 16.1 Å². The minimum absolute atomic E-state index is 0. The van der Waals surface area contributed by atoms with E-state index in [-0.39, 0.29) is 29.6 Å². The molecule has 8 heteroatoms. The van der Waals surface area contributed by atoms with Crippen molar-refractivity contribution in [3.63, 3.8) is 0 Å². The van der Waals surface area contributed by atoms with Crippen LogP contribution in [0.5, 0.6) is 11.5 Å². The van der Waals surface area contributed by atoms with Crippen LogP contribution in [0, 0.1) is 0 Å². The van der Waals surface area contributed by atoms with Crippen molar-refractivity contribution in [2.75, 3.05) is 0 Å². The molecule has 0 spiro atoms. The van der Waals surface area contributed by atoms with Crippen LogP contribution in [0.1, 0.15) is 47.9 Å². The van der Waals surface area contributed by atoms with E-state index in [1.807, 2.05) is 0 Å². The van der Waals surface area contributed by atoms with Crippen molar-refractivity contribution in [1.82, 2.24) is 0 Å². The van der Waals surface area contributed by atoms with Crippen LogP contribution < -0.4 is 85.0 Å². The average molecular weight is 895 g/mol. The van der Waals surface area contributed by atoms with Gasteiger partial charge in [-0.3, -0.25) is 0 Å². The van der Waals surface area contributed by atoms with Crippen molar-refractivity contribution < 1.29 is 48.1 Å². The maximum atomic E-state index is 15.3. The Hall–Kier alpha value is -5.02. The van der Waals surface area contributed by atoms with E-state index in [4.69, 9.17) is 9.05 Å². The van der Waals surface area contributed by atoms with Gasteiger partial charge in [0.05, 0.1) is 0 Å². The molecule has 0 aromatic heterocycles. The monoisotopic (exact) mass is 894 g/mol. The molecule has 0 fully saturated rings. The number of benzene rings is 8. The van der Waals surface area contributed by atoms with Gasteiger partial charge in [0.25, 0.3) is 0 Å². The fourth-order valence-electron chi connectivity index (χ4n) is 11.3. The molecule has 0 saturated carbocycles. The first kappa shape index (κ1) is 42.9. The molecule has 0 unspecified atom stereocenters. The van der Waals surface area contributed by atoms with Gasteiger partial charge in [0.2, 0.25) is 0 Å². The Balaban J connectivity index is 0.00000484. The summed E-state index contributed by atoms with van der Waals surface area (Å²) in [5.74, 6) is 0.875. The molecule has 0 saturated heterocycles. The van der Waals surface area contributed by atoms with Crippen LogP contribution in [-0.4, -0.2) is 16.1 Å². The topological polar surface area (TPSA) is 58.6 Å². The minimum Gasteiger partial charge on any atom is -0.736 e. The molecule has 0 atom stereocenters. The quantitative estimate of drug-likeness (QED) is 0.131. The molecule has 2 aliphatic carbocycles. The molecule has 3 aliphatic rings. The van der Waals surface area contributed by atoms with Crippen molar-refractivity contribution in [2.24, 2.45) is 0 Å². The third-order valence-electron chi connectivity index (χ3n) is 13.9. The van der Waals surface area contributed by atoms with Gasteiger partial charge in [0.1, 0.15) is 11.5 Å². The van der Waals surface area contributed by atoms with Gasteiger partial charge < -0.3 is 13.9 Å². The van der Waals surface area contributed by atoms with Crippen molar-refractivity contribution in [1.29, 1.82) is 0 Å². The van der Waals surface area contributed by atoms with Crippen molar-refractivity contribution in [3.05, 3.63) is 216 Å². The standard InChI is InChI=1S/C56H49O4PSi2.Na/c57-61(58)59-55-51(62(43-25-7-1-8-26-43,44-27-9-2-10-28-44)45-29-11-3-12-30-45)39-41-23-19-21-37-49(41)53(55)54-50-38-22-20-24-42(50)40-52(56(54)60-61)63(46-31-13-4-14-32-46,47-33-15-5-16-34-47)48-35-17-6-18-36-48;/h1-18,25-36,39-40H,19-24,37-38H2,(H,57,58);/q;+1/p-1. The van der Waals surface area contributed by atoms with Crippen LogP contribution in [0.25, 0.3) is 11.1 Å². The van der Waals surface area contributed by atoms with Crippen molar-refractivity contribution in [2.45, 2.75) is 51.4 Å². The number of hydrogen-bond donors (Lipinski definition) is 0. The van der Waals surface area contributed by atoms with Gasteiger partial charge in [0, 0.05) is 11.1 Å². The Morgan fingerprint density at radius 3 is 0.906 bits per heavy atom. The Kier molecular flexibility index (Phi) is 11.9. The zero-order valence-corrected chi connectivity index (χ0v) is 41.1.